The Labute approximate surface area is 119 Å². The number of hydrogen-bond donors (Lipinski definition) is 2. The van der Waals surface area contributed by atoms with Gasteiger partial charge < -0.3 is 9.88 Å². The van der Waals surface area contributed by atoms with Gasteiger partial charge in [0.25, 0.3) is 5.91 Å². The van der Waals surface area contributed by atoms with Crippen LogP contribution in [0.3, 0.4) is 0 Å². The van der Waals surface area contributed by atoms with Crippen LogP contribution in [0.5, 0.6) is 0 Å². The fourth-order valence-electron chi connectivity index (χ4n) is 2.26. The molecule has 1 amide bonds. The fourth-order valence-corrected chi connectivity index (χ4v) is 2.26. The number of nitrogens with zero attached hydrogens (tertiary/aromatic N) is 2. The minimum atomic E-state index is 0.00682. The zero-order chi connectivity index (χ0) is 14.4. The molecular formula is C15H22N4O. The van der Waals surface area contributed by atoms with Crippen LogP contribution in [0.2, 0.25) is 0 Å². The Kier molecular flexibility index (Phi) is 4.98. The van der Waals surface area contributed by atoms with E-state index in [0.29, 0.717) is 6.54 Å². The lowest BCUT2D eigenvalue weighted by molar-refractivity contribution is 0.0944. The van der Waals surface area contributed by atoms with Crippen LogP contribution in [0, 0.1) is 6.92 Å². The molecule has 5 nitrogen and oxygen atoms in total. The van der Waals surface area contributed by atoms with Crippen molar-refractivity contribution < 1.29 is 4.79 Å². The highest BCUT2D eigenvalue weighted by atomic mass is 16.1. The van der Waals surface area contributed by atoms with E-state index in [9.17, 15) is 4.79 Å². The highest BCUT2D eigenvalue weighted by molar-refractivity contribution is 5.92. The standard InChI is InChI=1S/C15H22N4O/c1-3-9-19-10-5-7-14(19)15(20)16-8-4-6-13-11-17-18-12(13)2/h5,7,10-11H,3-4,6,8-9H2,1-2H3,(H,16,20)(H,17,18). The number of rotatable bonds is 7. The number of amides is 1. The molecule has 108 valence electrons. The molecule has 5 heteroatoms. The van der Waals surface area contributed by atoms with Crippen molar-refractivity contribution in [3.63, 3.8) is 0 Å². The lowest BCUT2D eigenvalue weighted by Crippen LogP contribution is -2.27. The quantitative estimate of drug-likeness (QED) is 0.761. The molecule has 0 aromatic carbocycles. The first kappa shape index (κ1) is 14.4. The number of carbonyl (C=O) groups is 1. The van der Waals surface area contributed by atoms with E-state index in [0.717, 1.165) is 37.2 Å². The Hall–Kier alpha value is -2.04. The number of aromatic amines is 1. The molecule has 2 aromatic heterocycles. The predicted molar refractivity (Wildman–Crippen MR) is 78.7 cm³/mol. The highest BCUT2D eigenvalue weighted by Gasteiger charge is 2.09. The summed E-state index contributed by atoms with van der Waals surface area (Å²) in [5.41, 5.74) is 3.06. The normalized spacial score (nSPS) is 10.7. The highest BCUT2D eigenvalue weighted by Crippen LogP contribution is 2.06. The predicted octanol–water partition coefficient (Wildman–Crippen LogP) is 2.29. The van der Waals surface area contributed by atoms with Crippen molar-refractivity contribution >= 4 is 5.91 Å². The van der Waals surface area contributed by atoms with Crippen LogP contribution >= 0.6 is 0 Å². The molecule has 0 bridgehead atoms. The molecule has 0 aliphatic carbocycles. The third-order valence-electron chi connectivity index (χ3n) is 3.37. The van der Waals surface area contributed by atoms with E-state index in [1.54, 1.807) is 0 Å². The van der Waals surface area contributed by atoms with Gasteiger partial charge in [0.15, 0.2) is 0 Å². The molecule has 20 heavy (non-hydrogen) atoms. The van der Waals surface area contributed by atoms with Gasteiger partial charge in [0.05, 0.1) is 6.20 Å². The minimum Gasteiger partial charge on any atom is -0.351 e. The topological polar surface area (TPSA) is 62.7 Å². The SMILES string of the molecule is CCCn1cccc1C(=O)NCCCc1cn[nH]c1C. The molecule has 2 aromatic rings. The maximum Gasteiger partial charge on any atom is 0.267 e. The summed E-state index contributed by atoms with van der Waals surface area (Å²) in [6.45, 7) is 5.68. The summed E-state index contributed by atoms with van der Waals surface area (Å²) >= 11 is 0. The minimum absolute atomic E-state index is 0.00682. The van der Waals surface area contributed by atoms with E-state index in [4.69, 9.17) is 0 Å². The number of hydrogen-bond acceptors (Lipinski definition) is 2. The molecule has 2 N–H and O–H groups in total. The van der Waals surface area contributed by atoms with Crippen molar-refractivity contribution in [2.75, 3.05) is 6.54 Å². The van der Waals surface area contributed by atoms with E-state index < -0.39 is 0 Å². The largest absolute Gasteiger partial charge is 0.351 e. The third-order valence-corrected chi connectivity index (χ3v) is 3.37. The van der Waals surface area contributed by atoms with E-state index in [2.05, 4.69) is 22.4 Å². The smallest absolute Gasteiger partial charge is 0.267 e. The Morgan fingerprint density at radius 3 is 3.05 bits per heavy atom. The molecule has 2 heterocycles. The Bertz CT molecular complexity index is 556. The molecular weight excluding hydrogens is 252 g/mol. The van der Waals surface area contributed by atoms with E-state index in [-0.39, 0.29) is 5.91 Å². The van der Waals surface area contributed by atoms with Gasteiger partial charge in [-0.3, -0.25) is 9.89 Å². The van der Waals surface area contributed by atoms with Gasteiger partial charge in [0, 0.05) is 25.0 Å². The molecule has 0 saturated heterocycles. The molecule has 0 fully saturated rings. The molecule has 0 atom stereocenters. The molecule has 0 aliphatic heterocycles. The van der Waals surface area contributed by atoms with Crippen molar-refractivity contribution in [2.45, 2.75) is 39.7 Å². The van der Waals surface area contributed by atoms with Crippen LogP contribution in [0.15, 0.2) is 24.5 Å². The molecule has 0 spiro atoms. The molecule has 0 unspecified atom stereocenters. The summed E-state index contributed by atoms with van der Waals surface area (Å²) in [4.78, 5) is 12.1. The van der Waals surface area contributed by atoms with Gasteiger partial charge >= 0.3 is 0 Å². The van der Waals surface area contributed by atoms with Crippen molar-refractivity contribution in [1.82, 2.24) is 20.1 Å². The second-order valence-electron chi connectivity index (χ2n) is 4.97. The van der Waals surface area contributed by atoms with Crippen LogP contribution in [-0.2, 0) is 13.0 Å². The first-order chi connectivity index (χ1) is 9.72. The van der Waals surface area contributed by atoms with Crippen molar-refractivity contribution in [3.05, 3.63) is 41.5 Å². The number of nitrogens with one attached hydrogen (secondary N) is 2. The Morgan fingerprint density at radius 2 is 2.35 bits per heavy atom. The van der Waals surface area contributed by atoms with Crippen LogP contribution in [-0.4, -0.2) is 27.2 Å². The number of aryl methyl sites for hydroxylation is 3. The van der Waals surface area contributed by atoms with Gasteiger partial charge in [-0.15, -0.1) is 0 Å². The molecule has 0 radical (unpaired) electrons. The average Bonchev–Trinajstić information content (AvgIpc) is 3.04. The van der Waals surface area contributed by atoms with Crippen LogP contribution in [0.1, 0.15) is 41.5 Å². The number of aromatic nitrogens is 3. The summed E-state index contributed by atoms with van der Waals surface area (Å²) in [7, 11) is 0. The summed E-state index contributed by atoms with van der Waals surface area (Å²) in [6, 6.07) is 3.78. The third kappa shape index (κ3) is 3.50. The Morgan fingerprint density at radius 1 is 1.50 bits per heavy atom. The van der Waals surface area contributed by atoms with Crippen LogP contribution < -0.4 is 5.32 Å². The lowest BCUT2D eigenvalue weighted by Gasteiger charge is -2.08. The summed E-state index contributed by atoms with van der Waals surface area (Å²) in [5, 5.41) is 9.89. The summed E-state index contributed by atoms with van der Waals surface area (Å²) < 4.78 is 2.00. The second-order valence-corrected chi connectivity index (χ2v) is 4.97. The van der Waals surface area contributed by atoms with Gasteiger partial charge in [-0.25, -0.2) is 0 Å². The van der Waals surface area contributed by atoms with E-state index in [1.165, 1.54) is 5.56 Å². The van der Waals surface area contributed by atoms with Gasteiger partial charge in [0.2, 0.25) is 0 Å². The fraction of sp³-hybridized carbons (Fsp3) is 0.467. The van der Waals surface area contributed by atoms with Gasteiger partial charge in [-0.05, 0) is 43.9 Å². The zero-order valence-corrected chi connectivity index (χ0v) is 12.1. The number of H-pyrrole nitrogens is 1. The van der Waals surface area contributed by atoms with E-state index >= 15 is 0 Å². The van der Waals surface area contributed by atoms with Crippen molar-refractivity contribution in [1.29, 1.82) is 0 Å². The molecule has 0 saturated carbocycles. The molecule has 2 rings (SSSR count). The molecule has 0 aliphatic rings. The second kappa shape index (κ2) is 6.93. The van der Waals surface area contributed by atoms with Gasteiger partial charge in [-0.1, -0.05) is 6.92 Å². The summed E-state index contributed by atoms with van der Waals surface area (Å²) in [5.74, 6) is 0.00682. The first-order valence-corrected chi connectivity index (χ1v) is 7.14. The summed E-state index contributed by atoms with van der Waals surface area (Å²) in [6.07, 6.45) is 6.67. The number of carbonyl (C=O) groups excluding carboxylic acids is 1. The maximum atomic E-state index is 12.1. The lowest BCUT2D eigenvalue weighted by atomic mass is 10.1. The maximum absolute atomic E-state index is 12.1. The van der Waals surface area contributed by atoms with E-state index in [1.807, 2.05) is 36.0 Å². The van der Waals surface area contributed by atoms with Crippen LogP contribution in [0.25, 0.3) is 0 Å². The monoisotopic (exact) mass is 274 g/mol. The van der Waals surface area contributed by atoms with Gasteiger partial charge in [0.1, 0.15) is 5.69 Å². The van der Waals surface area contributed by atoms with Gasteiger partial charge in [-0.2, -0.15) is 5.10 Å². The zero-order valence-electron chi connectivity index (χ0n) is 12.1. The van der Waals surface area contributed by atoms with Crippen LogP contribution in [0.4, 0.5) is 0 Å². The first-order valence-electron chi connectivity index (χ1n) is 7.14. The Balaban J connectivity index is 1.77. The van der Waals surface area contributed by atoms with Crippen molar-refractivity contribution in [2.24, 2.45) is 0 Å². The van der Waals surface area contributed by atoms with Crippen molar-refractivity contribution in [3.8, 4) is 0 Å². The average molecular weight is 274 g/mol.